The van der Waals surface area contributed by atoms with E-state index in [1.165, 1.54) is 25.7 Å². The first-order valence-corrected chi connectivity index (χ1v) is 14.0. The van der Waals surface area contributed by atoms with Crippen molar-refractivity contribution < 1.29 is 59.5 Å². The van der Waals surface area contributed by atoms with Crippen molar-refractivity contribution in [2.24, 2.45) is 0 Å². The molecule has 2 aliphatic heterocycles. The monoisotopic (exact) mass is 552 g/mol. The second kappa shape index (κ2) is 16.4. The summed E-state index contributed by atoms with van der Waals surface area (Å²) in [6.07, 6.45) is -4.74. The fourth-order valence-electron chi connectivity index (χ4n) is 4.96. The minimum atomic E-state index is -1.99. The highest BCUT2D eigenvalue weighted by Gasteiger charge is 2.59. The molecule has 224 valence electrons. The van der Waals surface area contributed by atoms with E-state index in [0.29, 0.717) is 6.42 Å². The molecular weight excluding hydrogens is 504 g/mol. The van der Waals surface area contributed by atoms with Crippen LogP contribution in [0.2, 0.25) is 0 Å². The Kier molecular flexibility index (Phi) is 14.3. The summed E-state index contributed by atoms with van der Waals surface area (Å²) in [4.78, 5) is 12.7. The summed E-state index contributed by atoms with van der Waals surface area (Å²) in [6, 6.07) is 0. The number of hydrogen-bond donors (Lipinski definition) is 7. The van der Waals surface area contributed by atoms with Gasteiger partial charge in [-0.2, -0.15) is 0 Å². The molecule has 2 aliphatic rings. The van der Waals surface area contributed by atoms with Crippen LogP contribution in [0.3, 0.4) is 0 Å². The average Bonchev–Trinajstić information content (AvgIpc) is 2.92. The summed E-state index contributed by atoms with van der Waals surface area (Å²) in [6.45, 7) is 2.36. The molecule has 0 spiro atoms. The number of ether oxygens (including phenoxy) is 4. The van der Waals surface area contributed by atoms with Crippen molar-refractivity contribution in [3.05, 3.63) is 0 Å². The van der Waals surface area contributed by atoms with Gasteiger partial charge in [0.1, 0.15) is 42.7 Å². The topological polar surface area (TPSA) is 196 Å². The number of aliphatic hydroxyl groups excluding tert-OH is 7. The number of hydrogen-bond acceptors (Lipinski definition) is 12. The first-order chi connectivity index (χ1) is 18.1. The second-order valence-corrected chi connectivity index (χ2v) is 10.3. The van der Waals surface area contributed by atoms with Gasteiger partial charge in [-0.15, -0.1) is 0 Å². The van der Waals surface area contributed by atoms with E-state index in [9.17, 15) is 40.5 Å². The lowest BCUT2D eigenvalue weighted by Gasteiger charge is -2.51. The van der Waals surface area contributed by atoms with Crippen LogP contribution < -0.4 is 0 Å². The smallest absolute Gasteiger partial charge is 0.306 e. The Morgan fingerprint density at radius 2 is 1.29 bits per heavy atom. The molecule has 0 aliphatic carbocycles. The largest absolute Gasteiger partial charge is 0.454 e. The van der Waals surface area contributed by atoms with E-state index < -0.39 is 80.1 Å². The van der Waals surface area contributed by atoms with Crippen molar-refractivity contribution in [2.75, 3.05) is 13.2 Å². The third-order valence-corrected chi connectivity index (χ3v) is 7.41. The van der Waals surface area contributed by atoms with Gasteiger partial charge in [-0.3, -0.25) is 4.79 Å². The molecule has 2 fully saturated rings. The number of esters is 1. The van der Waals surface area contributed by atoms with E-state index in [-0.39, 0.29) is 12.8 Å². The number of unbranched alkanes of at least 4 members (excludes halogenated alkanes) is 8. The van der Waals surface area contributed by atoms with Crippen LogP contribution in [0.1, 0.15) is 84.5 Å². The SMILES string of the molecule is CCCCCCCCCCCC(=O)O[C@@H]1[C@@H](O)[C@H](O)[C@@H](CO)OC1(CC)OC1O[C@H](CO)[C@H](O)[C@H](O)[C@H]1O. The van der Waals surface area contributed by atoms with Crippen molar-refractivity contribution in [1.29, 1.82) is 0 Å². The molecule has 7 N–H and O–H groups in total. The minimum absolute atomic E-state index is 0.0679. The Hall–Kier alpha value is -0.930. The van der Waals surface area contributed by atoms with Crippen LogP contribution >= 0.6 is 0 Å². The van der Waals surface area contributed by atoms with Gasteiger partial charge in [-0.1, -0.05) is 65.2 Å². The summed E-state index contributed by atoms with van der Waals surface area (Å²) in [5, 5.41) is 71.1. The highest BCUT2D eigenvalue weighted by atomic mass is 16.8. The maximum absolute atomic E-state index is 12.7. The highest BCUT2D eigenvalue weighted by Crippen LogP contribution is 2.39. The van der Waals surface area contributed by atoms with E-state index in [1.54, 1.807) is 6.92 Å². The Balaban J connectivity index is 2.05. The Bertz CT molecular complexity index is 679. The summed E-state index contributed by atoms with van der Waals surface area (Å²) in [5.74, 6) is -2.64. The van der Waals surface area contributed by atoms with Crippen molar-refractivity contribution in [2.45, 2.75) is 145 Å². The Morgan fingerprint density at radius 3 is 1.84 bits per heavy atom. The third-order valence-electron chi connectivity index (χ3n) is 7.41. The van der Waals surface area contributed by atoms with Gasteiger partial charge >= 0.3 is 5.97 Å². The van der Waals surface area contributed by atoms with Crippen molar-refractivity contribution >= 4 is 5.97 Å². The van der Waals surface area contributed by atoms with Crippen molar-refractivity contribution in [1.82, 2.24) is 0 Å². The summed E-state index contributed by atoms with van der Waals surface area (Å²) < 4.78 is 22.6. The molecule has 0 bridgehead atoms. The fourth-order valence-corrected chi connectivity index (χ4v) is 4.96. The van der Waals surface area contributed by atoms with Crippen LogP contribution in [0.5, 0.6) is 0 Å². The molecule has 12 heteroatoms. The standard InChI is InChI=1S/C26H48O12/c1-3-5-6-7-8-9-10-11-12-13-18(29)36-24-22(33)20(31)17(15-28)37-26(24,4-2)38-25-23(34)21(32)19(30)16(14-27)35-25/h16-17,19-25,27-28,30-34H,3-15H2,1-2H3/t16-,17-,19+,20-,21+,22+,23-,24-,25?,26?/m1/s1. The van der Waals surface area contributed by atoms with Crippen LogP contribution in [0.4, 0.5) is 0 Å². The van der Waals surface area contributed by atoms with Crippen molar-refractivity contribution in [3.8, 4) is 0 Å². The van der Waals surface area contributed by atoms with Gasteiger partial charge in [0.15, 0.2) is 12.4 Å². The molecule has 2 unspecified atom stereocenters. The number of carbonyl (C=O) groups excluding carboxylic acids is 1. The molecule has 12 nitrogen and oxygen atoms in total. The molecular formula is C26H48O12. The van der Waals surface area contributed by atoms with E-state index >= 15 is 0 Å². The first kappa shape index (κ1) is 33.3. The zero-order valence-electron chi connectivity index (χ0n) is 22.6. The molecule has 2 saturated heterocycles. The molecule has 10 atom stereocenters. The van der Waals surface area contributed by atoms with Gasteiger partial charge in [0.2, 0.25) is 5.79 Å². The number of rotatable bonds is 16. The number of aliphatic hydroxyl groups is 7. The van der Waals surface area contributed by atoms with Gasteiger partial charge < -0.3 is 54.7 Å². The lowest BCUT2D eigenvalue weighted by atomic mass is 9.90. The summed E-state index contributed by atoms with van der Waals surface area (Å²) in [5.41, 5.74) is 0. The number of carbonyl (C=O) groups is 1. The van der Waals surface area contributed by atoms with Crippen LogP contribution in [-0.4, -0.2) is 116 Å². The lowest BCUT2D eigenvalue weighted by Crippen LogP contribution is -2.69. The zero-order chi connectivity index (χ0) is 28.3. The van der Waals surface area contributed by atoms with Crippen molar-refractivity contribution in [3.63, 3.8) is 0 Å². The van der Waals surface area contributed by atoms with Crippen LogP contribution in [0.25, 0.3) is 0 Å². The van der Waals surface area contributed by atoms with E-state index in [2.05, 4.69) is 6.92 Å². The normalized spacial score (nSPS) is 37.8. The van der Waals surface area contributed by atoms with E-state index in [0.717, 1.165) is 25.7 Å². The maximum atomic E-state index is 12.7. The zero-order valence-corrected chi connectivity index (χ0v) is 22.6. The van der Waals surface area contributed by atoms with Crippen LogP contribution in [0.15, 0.2) is 0 Å². The molecule has 0 aromatic rings. The molecule has 0 aromatic carbocycles. The van der Waals surface area contributed by atoms with Gasteiger partial charge in [-0.25, -0.2) is 0 Å². The first-order valence-electron chi connectivity index (χ1n) is 14.0. The molecule has 0 aromatic heterocycles. The quantitative estimate of drug-likeness (QED) is 0.0990. The average molecular weight is 553 g/mol. The Morgan fingerprint density at radius 1 is 0.737 bits per heavy atom. The van der Waals surface area contributed by atoms with Gasteiger partial charge in [0.25, 0.3) is 0 Å². The molecule has 0 saturated carbocycles. The predicted octanol–water partition coefficient (Wildman–Crippen LogP) is -0.145. The highest BCUT2D eigenvalue weighted by molar-refractivity contribution is 5.69. The van der Waals surface area contributed by atoms with E-state index in [4.69, 9.17) is 18.9 Å². The molecule has 0 amide bonds. The molecule has 2 rings (SSSR count). The molecule has 2 heterocycles. The van der Waals surface area contributed by atoms with Crippen LogP contribution in [-0.2, 0) is 23.7 Å². The van der Waals surface area contributed by atoms with Gasteiger partial charge in [0.05, 0.1) is 13.2 Å². The lowest BCUT2D eigenvalue weighted by molar-refractivity contribution is -0.423. The third kappa shape index (κ3) is 8.53. The molecule has 38 heavy (non-hydrogen) atoms. The van der Waals surface area contributed by atoms with Gasteiger partial charge in [-0.05, 0) is 6.42 Å². The van der Waals surface area contributed by atoms with E-state index in [1.807, 2.05) is 0 Å². The predicted molar refractivity (Wildman–Crippen MR) is 134 cm³/mol. The minimum Gasteiger partial charge on any atom is -0.454 e. The molecule has 0 radical (unpaired) electrons. The fraction of sp³-hybridized carbons (Fsp3) is 0.962. The summed E-state index contributed by atoms with van der Waals surface area (Å²) in [7, 11) is 0. The maximum Gasteiger partial charge on any atom is 0.306 e. The second-order valence-electron chi connectivity index (χ2n) is 10.3. The van der Waals surface area contributed by atoms with Crippen LogP contribution in [0, 0.1) is 0 Å². The summed E-state index contributed by atoms with van der Waals surface area (Å²) >= 11 is 0. The van der Waals surface area contributed by atoms with Gasteiger partial charge in [0, 0.05) is 12.8 Å². The Labute approximate surface area is 224 Å².